The second-order valence-electron chi connectivity index (χ2n) is 5.46. The summed E-state index contributed by atoms with van der Waals surface area (Å²) in [4.78, 5) is 0. The zero-order valence-electron chi connectivity index (χ0n) is 12.1. The smallest absolute Gasteiger partial charge is 0.123 e. The number of rotatable bonds is 5. The van der Waals surface area contributed by atoms with Crippen LogP contribution in [0.5, 0.6) is 0 Å². The molecule has 1 fully saturated rings. The van der Waals surface area contributed by atoms with Crippen LogP contribution in [0, 0.1) is 18.7 Å². The highest BCUT2D eigenvalue weighted by Crippen LogP contribution is 2.34. The average molecular weight is 265 g/mol. The fraction of sp³-hybridized carbons (Fsp3) is 0.625. The molecule has 3 atom stereocenters. The maximum atomic E-state index is 13.3. The zero-order valence-corrected chi connectivity index (χ0v) is 12.1. The number of nitrogens with one attached hydrogen (secondary N) is 1. The Labute approximate surface area is 115 Å². The van der Waals surface area contributed by atoms with Gasteiger partial charge in [-0.05, 0) is 56.5 Å². The highest BCUT2D eigenvalue weighted by atomic mass is 19.1. The predicted molar refractivity (Wildman–Crippen MR) is 75.7 cm³/mol. The minimum absolute atomic E-state index is 0.161. The van der Waals surface area contributed by atoms with E-state index in [1.54, 1.807) is 12.1 Å². The largest absolute Gasteiger partial charge is 0.378 e. The van der Waals surface area contributed by atoms with E-state index in [2.05, 4.69) is 19.2 Å². The monoisotopic (exact) mass is 265 g/mol. The number of hydrogen-bond acceptors (Lipinski definition) is 2. The maximum Gasteiger partial charge on any atom is 0.123 e. The molecule has 2 rings (SSSR count). The quantitative estimate of drug-likeness (QED) is 0.878. The van der Waals surface area contributed by atoms with Gasteiger partial charge in [-0.25, -0.2) is 4.39 Å². The van der Waals surface area contributed by atoms with Crippen molar-refractivity contribution in [1.82, 2.24) is 5.32 Å². The summed E-state index contributed by atoms with van der Waals surface area (Å²) in [6.07, 6.45) is 2.43. The molecule has 0 aliphatic carbocycles. The standard InChI is InChI=1S/C16H24FNO/c1-4-8-18-16(15-7-9-19-12(15)3)14-6-5-13(17)10-11(14)2/h5-6,10,12,15-16,18H,4,7-9H2,1-3H3. The fourth-order valence-corrected chi connectivity index (χ4v) is 2.97. The van der Waals surface area contributed by atoms with E-state index in [0.717, 1.165) is 31.6 Å². The molecule has 0 amide bonds. The molecular formula is C16H24FNO. The zero-order chi connectivity index (χ0) is 13.8. The molecule has 3 unspecified atom stereocenters. The molecule has 1 aliphatic heterocycles. The Morgan fingerprint density at radius 2 is 2.26 bits per heavy atom. The molecule has 0 aromatic heterocycles. The van der Waals surface area contributed by atoms with Crippen LogP contribution < -0.4 is 5.32 Å². The van der Waals surface area contributed by atoms with Crippen LogP contribution in [0.15, 0.2) is 18.2 Å². The van der Waals surface area contributed by atoms with Crippen molar-refractivity contribution in [3.8, 4) is 0 Å². The minimum atomic E-state index is -0.161. The van der Waals surface area contributed by atoms with Gasteiger partial charge in [-0.1, -0.05) is 13.0 Å². The molecule has 0 radical (unpaired) electrons. The van der Waals surface area contributed by atoms with Gasteiger partial charge in [-0.15, -0.1) is 0 Å². The molecule has 1 aliphatic rings. The van der Waals surface area contributed by atoms with Gasteiger partial charge >= 0.3 is 0 Å². The van der Waals surface area contributed by atoms with Gasteiger partial charge in [0.25, 0.3) is 0 Å². The van der Waals surface area contributed by atoms with E-state index < -0.39 is 0 Å². The van der Waals surface area contributed by atoms with E-state index in [4.69, 9.17) is 4.74 Å². The van der Waals surface area contributed by atoms with Gasteiger partial charge in [0.15, 0.2) is 0 Å². The second kappa shape index (κ2) is 6.49. The summed E-state index contributed by atoms with van der Waals surface area (Å²) in [6, 6.07) is 5.36. The van der Waals surface area contributed by atoms with Crippen molar-refractivity contribution in [3.05, 3.63) is 35.1 Å². The highest BCUT2D eigenvalue weighted by molar-refractivity contribution is 5.30. The van der Waals surface area contributed by atoms with E-state index >= 15 is 0 Å². The van der Waals surface area contributed by atoms with E-state index in [0.29, 0.717) is 5.92 Å². The van der Waals surface area contributed by atoms with Crippen molar-refractivity contribution in [2.45, 2.75) is 45.8 Å². The predicted octanol–water partition coefficient (Wildman–Crippen LogP) is 3.60. The van der Waals surface area contributed by atoms with Gasteiger partial charge in [0.2, 0.25) is 0 Å². The lowest BCUT2D eigenvalue weighted by Crippen LogP contribution is -2.33. The molecule has 19 heavy (non-hydrogen) atoms. The van der Waals surface area contributed by atoms with Gasteiger partial charge < -0.3 is 10.1 Å². The lowest BCUT2D eigenvalue weighted by Gasteiger charge is -2.28. The number of aryl methyl sites for hydroxylation is 1. The molecule has 3 heteroatoms. The first-order valence-electron chi connectivity index (χ1n) is 7.24. The molecule has 106 valence electrons. The summed E-state index contributed by atoms with van der Waals surface area (Å²) in [6.45, 7) is 8.09. The minimum Gasteiger partial charge on any atom is -0.378 e. The van der Waals surface area contributed by atoms with Crippen LogP contribution in [0.2, 0.25) is 0 Å². The molecular weight excluding hydrogens is 241 g/mol. The van der Waals surface area contributed by atoms with Crippen LogP contribution in [0.3, 0.4) is 0 Å². The summed E-state index contributed by atoms with van der Waals surface area (Å²) in [5.74, 6) is 0.307. The molecule has 1 saturated heterocycles. The Bertz CT molecular complexity index is 421. The van der Waals surface area contributed by atoms with Crippen molar-refractivity contribution in [2.75, 3.05) is 13.2 Å². The average Bonchev–Trinajstić information content (AvgIpc) is 2.78. The Hall–Kier alpha value is -0.930. The summed E-state index contributed by atoms with van der Waals surface area (Å²) in [5, 5.41) is 3.62. The van der Waals surface area contributed by atoms with Crippen molar-refractivity contribution in [3.63, 3.8) is 0 Å². The van der Waals surface area contributed by atoms with Gasteiger partial charge in [0, 0.05) is 18.6 Å². The SMILES string of the molecule is CCCNC(c1ccc(F)cc1C)C1CCOC1C. The Morgan fingerprint density at radius 3 is 2.84 bits per heavy atom. The molecule has 1 N–H and O–H groups in total. The summed E-state index contributed by atoms with van der Waals surface area (Å²) >= 11 is 0. The molecule has 2 nitrogen and oxygen atoms in total. The number of benzene rings is 1. The first-order chi connectivity index (χ1) is 9.13. The van der Waals surface area contributed by atoms with Gasteiger partial charge in [0.05, 0.1) is 6.10 Å². The van der Waals surface area contributed by atoms with Crippen molar-refractivity contribution in [2.24, 2.45) is 5.92 Å². The molecule has 1 aromatic rings. The Morgan fingerprint density at radius 1 is 1.47 bits per heavy atom. The topological polar surface area (TPSA) is 21.3 Å². The van der Waals surface area contributed by atoms with Crippen LogP contribution in [0.1, 0.15) is 43.9 Å². The maximum absolute atomic E-state index is 13.3. The van der Waals surface area contributed by atoms with Crippen molar-refractivity contribution < 1.29 is 9.13 Å². The second-order valence-corrected chi connectivity index (χ2v) is 5.46. The fourth-order valence-electron chi connectivity index (χ4n) is 2.97. The Kier molecular flexibility index (Phi) is 4.94. The molecule has 0 bridgehead atoms. The molecule has 1 aromatic carbocycles. The first-order valence-corrected chi connectivity index (χ1v) is 7.24. The van der Waals surface area contributed by atoms with Crippen LogP contribution in [-0.2, 0) is 4.74 Å². The third kappa shape index (κ3) is 3.34. The summed E-state index contributed by atoms with van der Waals surface area (Å²) in [5.41, 5.74) is 2.23. The third-order valence-corrected chi connectivity index (χ3v) is 4.04. The molecule has 1 heterocycles. The van der Waals surface area contributed by atoms with Gasteiger partial charge in [-0.2, -0.15) is 0 Å². The summed E-state index contributed by atoms with van der Waals surface area (Å²) in [7, 11) is 0. The normalized spacial score (nSPS) is 24.6. The van der Waals surface area contributed by atoms with Gasteiger partial charge in [-0.3, -0.25) is 0 Å². The lowest BCUT2D eigenvalue weighted by molar-refractivity contribution is 0.0953. The third-order valence-electron chi connectivity index (χ3n) is 4.04. The highest BCUT2D eigenvalue weighted by Gasteiger charge is 2.33. The number of hydrogen-bond donors (Lipinski definition) is 1. The summed E-state index contributed by atoms with van der Waals surface area (Å²) < 4.78 is 19.0. The first kappa shape index (κ1) is 14.5. The van der Waals surface area contributed by atoms with Crippen LogP contribution in [-0.4, -0.2) is 19.3 Å². The van der Waals surface area contributed by atoms with E-state index in [-0.39, 0.29) is 18.0 Å². The molecule has 0 spiro atoms. The van der Waals surface area contributed by atoms with Crippen LogP contribution >= 0.6 is 0 Å². The molecule has 0 saturated carbocycles. The van der Waals surface area contributed by atoms with Crippen molar-refractivity contribution >= 4 is 0 Å². The van der Waals surface area contributed by atoms with E-state index in [1.165, 1.54) is 5.56 Å². The van der Waals surface area contributed by atoms with Crippen LogP contribution in [0.25, 0.3) is 0 Å². The lowest BCUT2D eigenvalue weighted by atomic mass is 9.86. The van der Waals surface area contributed by atoms with Crippen LogP contribution in [0.4, 0.5) is 4.39 Å². The van der Waals surface area contributed by atoms with Gasteiger partial charge in [0.1, 0.15) is 5.82 Å². The number of ether oxygens (including phenoxy) is 1. The van der Waals surface area contributed by atoms with Crippen molar-refractivity contribution in [1.29, 1.82) is 0 Å². The van der Waals surface area contributed by atoms with E-state index in [1.807, 2.05) is 13.0 Å². The van der Waals surface area contributed by atoms with E-state index in [9.17, 15) is 4.39 Å². The Balaban J connectivity index is 2.25. The number of halogens is 1.